The van der Waals surface area contributed by atoms with Gasteiger partial charge in [-0.15, -0.1) is 0 Å². The van der Waals surface area contributed by atoms with Crippen LogP contribution in [0.3, 0.4) is 0 Å². The first kappa shape index (κ1) is 21.6. The molecule has 0 aliphatic rings. The van der Waals surface area contributed by atoms with Gasteiger partial charge < -0.3 is 15.5 Å². The number of fused-ring (bicyclic) bond motifs is 1. The zero-order valence-electron chi connectivity index (χ0n) is 18.5. The second-order valence-corrected chi connectivity index (χ2v) is 8.01. The highest BCUT2D eigenvalue weighted by Crippen LogP contribution is 2.30. The molecule has 4 aromatic rings. The molecule has 3 heterocycles. The monoisotopic (exact) mass is 429 g/mol. The lowest BCUT2D eigenvalue weighted by molar-refractivity contribution is 0.0228. The quantitative estimate of drug-likeness (QED) is 0.414. The van der Waals surface area contributed by atoms with Crippen LogP contribution in [0.2, 0.25) is 0 Å². The average molecular weight is 430 g/mol. The Hall–Kier alpha value is -3.58. The van der Waals surface area contributed by atoms with E-state index in [1.54, 1.807) is 18.6 Å². The van der Waals surface area contributed by atoms with Crippen molar-refractivity contribution < 1.29 is 9.53 Å². The maximum atomic E-state index is 12.7. The number of carbonyl (C=O) groups excluding carboxylic acids is 1. The second-order valence-electron chi connectivity index (χ2n) is 8.01. The standard InChI is InChI=1S/C25H27N5O2/c1-4-6-22(16(3)26)32-25(31)19-12-18-11-17(9-10-20(18)27-13-19)23-24(29-14-28-23)21-8-5-7-15(2)30-21/h5,7-14,16,22H,4,6,26H2,1-3H3,(H,28,29)/t16-,22-/m0/s1. The highest BCUT2D eigenvalue weighted by Gasteiger charge is 2.20. The largest absolute Gasteiger partial charge is 0.457 e. The van der Waals surface area contributed by atoms with Crippen molar-refractivity contribution in [2.24, 2.45) is 5.73 Å². The van der Waals surface area contributed by atoms with Crippen molar-refractivity contribution in [1.82, 2.24) is 19.9 Å². The van der Waals surface area contributed by atoms with Crippen LogP contribution < -0.4 is 5.73 Å². The molecular weight excluding hydrogens is 402 g/mol. The van der Waals surface area contributed by atoms with Gasteiger partial charge >= 0.3 is 5.97 Å². The first-order chi connectivity index (χ1) is 15.5. The van der Waals surface area contributed by atoms with Crippen molar-refractivity contribution in [1.29, 1.82) is 0 Å². The summed E-state index contributed by atoms with van der Waals surface area (Å²) in [7, 11) is 0. The molecule has 7 heteroatoms. The third-order valence-corrected chi connectivity index (χ3v) is 5.39. The van der Waals surface area contributed by atoms with E-state index in [9.17, 15) is 4.79 Å². The number of ether oxygens (including phenoxy) is 1. The maximum absolute atomic E-state index is 12.7. The van der Waals surface area contributed by atoms with Crippen molar-refractivity contribution in [3.63, 3.8) is 0 Å². The molecule has 164 valence electrons. The van der Waals surface area contributed by atoms with E-state index in [1.807, 2.05) is 57.2 Å². The fourth-order valence-electron chi connectivity index (χ4n) is 3.70. The third kappa shape index (κ3) is 4.53. The number of hydrogen-bond acceptors (Lipinski definition) is 6. The summed E-state index contributed by atoms with van der Waals surface area (Å²) in [6, 6.07) is 13.3. The van der Waals surface area contributed by atoms with E-state index in [0.29, 0.717) is 5.56 Å². The summed E-state index contributed by atoms with van der Waals surface area (Å²) in [5, 5.41) is 0.830. The topological polar surface area (TPSA) is 107 Å². The molecule has 32 heavy (non-hydrogen) atoms. The number of carbonyl (C=O) groups is 1. The van der Waals surface area contributed by atoms with Crippen LogP contribution in [0.1, 0.15) is 42.7 Å². The number of pyridine rings is 2. The molecule has 0 bridgehead atoms. The normalized spacial score (nSPS) is 13.1. The van der Waals surface area contributed by atoms with E-state index in [0.717, 1.165) is 52.1 Å². The lowest BCUT2D eigenvalue weighted by atomic mass is 10.0. The van der Waals surface area contributed by atoms with Crippen LogP contribution in [-0.2, 0) is 4.74 Å². The van der Waals surface area contributed by atoms with Gasteiger partial charge in [-0.2, -0.15) is 0 Å². The molecule has 0 aliphatic carbocycles. The number of nitrogens with one attached hydrogen (secondary N) is 1. The Balaban J connectivity index is 1.67. The minimum absolute atomic E-state index is 0.229. The Morgan fingerprint density at radius 2 is 2.03 bits per heavy atom. The van der Waals surface area contributed by atoms with Crippen LogP contribution in [0.5, 0.6) is 0 Å². The van der Waals surface area contributed by atoms with Crippen LogP contribution in [0.15, 0.2) is 55.0 Å². The molecule has 0 aliphatic heterocycles. The smallest absolute Gasteiger partial charge is 0.340 e. The molecule has 2 atom stereocenters. The number of nitrogens with two attached hydrogens (primary N) is 1. The van der Waals surface area contributed by atoms with Gasteiger partial charge in [0.05, 0.1) is 34.5 Å². The van der Waals surface area contributed by atoms with E-state index >= 15 is 0 Å². The Morgan fingerprint density at radius 1 is 1.19 bits per heavy atom. The van der Waals surface area contributed by atoms with E-state index < -0.39 is 5.97 Å². The molecule has 0 spiro atoms. The SMILES string of the molecule is CCC[C@H](OC(=O)c1cnc2ccc(-c3nc[nH]c3-c3cccc(C)n3)cc2c1)[C@H](C)N. The first-order valence-electron chi connectivity index (χ1n) is 10.8. The molecule has 0 fully saturated rings. The van der Waals surface area contributed by atoms with Gasteiger partial charge in [-0.05, 0) is 50.6 Å². The van der Waals surface area contributed by atoms with E-state index in [1.165, 1.54) is 0 Å². The van der Waals surface area contributed by atoms with Gasteiger partial charge in [0.2, 0.25) is 0 Å². The van der Waals surface area contributed by atoms with Gasteiger partial charge in [0.15, 0.2) is 0 Å². The number of aromatic nitrogens is 4. The van der Waals surface area contributed by atoms with Crippen LogP contribution in [0.25, 0.3) is 33.5 Å². The van der Waals surface area contributed by atoms with E-state index in [-0.39, 0.29) is 12.1 Å². The molecule has 4 rings (SSSR count). The summed E-state index contributed by atoms with van der Waals surface area (Å²) in [4.78, 5) is 29.5. The number of esters is 1. The molecular formula is C25H27N5O2. The zero-order valence-corrected chi connectivity index (χ0v) is 18.5. The second kappa shape index (κ2) is 9.28. The number of rotatable bonds is 7. The van der Waals surface area contributed by atoms with Gasteiger partial charge in [-0.3, -0.25) is 9.97 Å². The summed E-state index contributed by atoms with van der Waals surface area (Å²) in [5.74, 6) is -0.412. The van der Waals surface area contributed by atoms with E-state index in [4.69, 9.17) is 10.5 Å². The number of imidazole rings is 1. The van der Waals surface area contributed by atoms with Crippen LogP contribution >= 0.6 is 0 Å². The highest BCUT2D eigenvalue weighted by atomic mass is 16.5. The summed E-state index contributed by atoms with van der Waals surface area (Å²) in [6.07, 6.45) is 4.50. The molecule has 7 nitrogen and oxygen atoms in total. The van der Waals surface area contributed by atoms with Gasteiger partial charge in [0.1, 0.15) is 6.10 Å². The lowest BCUT2D eigenvalue weighted by Gasteiger charge is -2.20. The number of aromatic amines is 1. The highest BCUT2D eigenvalue weighted by molar-refractivity contribution is 5.95. The zero-order chi connectivity index (χ0) is 22.7. The van der Waals surface area contributed by atoms with Gasteiger partial charge in [-0.25, -0.2) is 9.78 Å². The number of aryl methyl sites for hydroxylation is 1. The van der Waals surface area contributed by atoms with Crippen LogP contribution in [-0.4, -0.2) is 38.1 Å². The predicted octanol–water partition coefficient (Wildman–Crippen LogP) is 4.67. The molecule has 1 aromatic carbocycles. The average Bonchev–Trinajstić information content (AvgIpc) is 3.28. The van der Waals surface area contributed by atoms with Crippen molar-refractivity contribution >= 4 is 16.9 Å². The molecule has 0 amide bonds. The van der Waals surface area contributed by atoms with Crippen molar-refractivity contribution in [3.05, 3.63) is 66.2 Å². The molecule has 0 radical (unpaired) electrons. The molecule has 0 saturated carbocycles. The van der Waals surface area contributed by atoms with Crippen molar-refractivity contribution in [2.75, 3.05) is 0 Å². The lowest BCUT2D eigenvalue weighted by Crippen LogP contribution is -2.35. The van der Waals surface area contributed by atoms with Gasteiger partial charge in [0, 0.05) is 28.9 Å². The molecule has 3 aromatic heterocycles. The van der Waals surface area contributed by atoms with Gasteiger partial charge in [0.25, 0.3) is 0 Å². The Kier molecular flexibility index (Phi) is 6.28. The summed E-state index contributed by atoms with van der Waals surface area (Å²) < 4.78 is 5.65. The summed E-state index contributed by atoms with van der Waals surface area (Å²) >= 11 is 0. The number of hydrogen-bond donors (Lipinski definition) is 2. The van der Waals surface area contributed by atoms with Crippen molar-refractivity contribution in [2.45, 2.75) is 45.8 Å². The Morgan fingerprint density at radius 3 is 2.78 bits per heavy atom. The van der Waals surface area contributed by atoms with Crippen molar-refractivity contribution in [3.8, 4) is 22.6 Å². The van der Waals surface area contributed by atoms with Crippen LogP contribution in [0.4, 0.5) is 0 Å². The maximum Gasteiger partial charge on any atom is 0.340 e. The molecule has 0 unspecified atom stereocenters. The fourth-order valence-corrected chi connectivity index (χ4v) is 3.70. The predicted molar refractivity (Wildman–Crippen MR) is 125 cm³/mol. The Labute approximate surface area is 187 Å². The van der Waals surface area contributed by atoms with Gasteiger partial charge in [-0.1, -0.05) is 25.5 Å². The fraction of sp³-hybridized carbons (Fsp3) is 0.280. The summed E-state index contributed by atoms with van der Waals surface area (Å²) in [5.41, 5.74) is 11.5. The number of H-pyrrole nitrogens is 1. The minimum atomic E-state index is -0.412. The molecule has 3 N–H and O–H groups in total. The number of nitrogens with zero attached hydrogens (tertiary/aromatic N) is 3. The third-order valence-electron chi connectivity index (χ3n) is 5.39. The minimum Gasteiger partial charge on any atom is -0.457 e. The first-order valence-corrected chi connectivity index (χ1v) is 10.8. The Bertz CT molecular complexity index is 1250. The summed E-state index contributed by atoms with van der Waals surface area (Å²) in [6.45, 7) is 5.85. The molecule has 0 saturated heterocycles. The van der Waals surface area contributed by atoms with E-state index in [2.05, 4.69) is 19.9 Å². The van der Waals surface area contributed by atoms with Crippen LogP contribution in [0, 0.1) is 6.92 Å². The number of benzene rings is 1.